The average molecular weight is 501 g/mol. The van der Waals surface area contributed by atoms with Crippen LogP contribution in [0.5, 0.6) is 0 Å². The molecule has 2 amide bonds. The highest BCUT2D eigenvalue weighted by Gasteiger charge is 2.22. The van der Waals surface area contributed by atoms with Crippen molar-refractivity contribution in [1.82, 2.24) is 20.2 Å². The molecule has 188 valence electrons. The standard InChI is InChI=1S/C27H25FN6O3/c1-16-5-6-20(32-25(35)18-8-9-29-23(12-18)27(2,3)28)14-21(16)22-11-19(15-31-34-22)17-7-10-30-24(13-17)33-26(36)37-4/h5-15H,1-4H3,(H,32,35)(H,30,33,36). The van der Waals surface area contributed by atoms with Gasteiger partial charge in [-0.15, -0.1) is 0 Å². The number of aromatic nitrogens is 4. The molecule has 4 aromatic rings. The molecule has 0 aliphatic carbocycles. The highest BCUT2D eigenvalue weighted by molar-refractivity contribution is 6.04. The zero-order valence-corrected chi connectivity index (χ0v) is 20.7. The normalized spacial score (nSPS) is 11.1. The summed E-state index contributed by atoms with van der Waals surface area (Å²) in [5.41, 5.74) is 3.18. The lowest BCUT2D eigenvalue weighted by atomic mass is 10.0. The smallest absolute Gasteiger partial charge is 0.412 e. The molecular formula is C27H25FN6O3. The summed E-state index contributed by atoms with van der Waals surface area (Å²) in [5.74, 6) is -0.0519. The fourth-order valence-corrected chi connectivity index (χ4v) is 3.57. The summed E-state index contributed by atoms with van der Waals surface area (Å²) in [4.78, 5) is 32.5. The predicted molar refractivity (Wildman–Crippen MR) is 138 cm³/mol. The van der Waals surface area contributed by atoms with Crippen LogP contribution in [-0.2, 0) is 10.4 Å². The second kappa shape index (κ2) is 10.5. The van der Waals surface area contributed by atoms with Crippen molar-refractivity contribution in [3.63, 3.8) is 0 Å². The van der Waals surface area contributed by atoms with Gasteiger partial charge in [-0.2, -0.15) is 10.2 Å². The molecule has 3 heterocycles. The minimum absolute atomic E-state index is 0.179. The van der Waals surface area contributed by atoms with Crippen molar-refractivity contribution in [2.45, 2.75) is 26.4 Å². The number of nitrogens with one attached hydrogen (secondary N) is 2. The number of aryl methyl sites for hydroxylation is 1. The Morgan fingerprint density at radius 2 is 1.73 bits per heavy atom. The Morgan fingerprint density at radius 1 is 0.946 bits per heavy atom. The molecule has 1 aromatic carbocycles. The molecular weight excluding hydrogens is 475 g/mol. The molecule has 37 heavy (non-hydrogen) atoms. The number of anilines is 2. The lowest BCUT2D eigenvalue weighted by Gasteiger charge is -2.14. The third-order valence-electron chi connectivity index (χ3n) is 5.57. The van der Waals surface area contributed by atoms with Gasteiger partial charge in [-0.25, -0.2) is 14.2 Å². The van der Waals surface area contributed by atoms with Crippen molar-refractivity contribution in [2.75, 3.05) is 17.7 Å². The highest BCUT2D eigenvalue weighted by Crippen LogP contribution is 2.29. The summed E-state index contributed by atoms with van der Waals surface area (Å²) >= 11 is 0. The first-order valence-corrected chi connectivity index (χ1v) is 11.4. The Labute approximate surface area is 213 Å². The first-order valence-electron chi connectivity index (χ1n) is 11.4. The molecule has 0 bridgehead atoms. The minimum Gasteiger partial charge on any atom is -0.453 e. The molecule has 2 N–H and O–H groups in total. The van der Waals surface area contributed by atoms with Gasteiger partial charge in [0.2, 0.25) is 0 Å². The zero-order chi connectivity index (χ0) is 26.6. The quantitative estimate of drug-likeness (QED) is 0.356. The van der Waals surface area contributed by atoms with Gasteiger partial charge in [-0.05, 0) is 74.4 Å². The van der Waals surface area contributed by atoms with Crippen molar-refractivity contribution < 1.29 is 18.7 Å². The van der Waals surface area contributed by atoms with Gasteiger partial charge in [0.05, 0.1) is 24.7 Å². The molecule has 0 radical (unpaired) electrons. The van der Waals surface area contributed by atoms with Crippen LogP contribution >= 0.6 is 0 Å². The largest absolute Gasteiger partial charge is 0.453 e. The third-order valence-corrected chi connectivity index (χ3v) is 5.57. The van der Waals surface area contributed by atoms with Gasteiger partial charge in [0.15, 0.2) is 0 Å². The van der Waals surface area contributed by atoms with Gasteiger partial charge < -0.3 is 10.1 Å². The predicted octanol–water partition coefficient (Wildman–Crippen LogP) is 5.54. The monoisotopic (exact) mass is 500 g/mol. The number of nitrogens with zero attached hydrogens (tertiary/aromatic N) is 4. The number of hydrogen-bond donors (Lipinski definition) is 2. The molecule has 0 aliphatic rings. The molecule has 0 unspecified atom stereocenters. The third kappa shape index (κ3) is 6.10. The van der Waals surface area contributed by atoms with E-state index in [0.29, 0.717) is 22.8 Å². The van der Waals surface area contributed by atoms with Crippen LogP contribution in [0.3, 0.4) is 0 Å². The Balaban J connectivity index is 1.60. The minimum atomic E-state index is -1.66. The lowest BCUT2D eigenvalue weighted by Crippen LogP contribution is -2.16. The number of carbonyl (C=O) groups excluding carboxylic acids is 2. The number of carbonyl (C=O) groups is 2. The number of halogens is 1. The van der Waals surface area contributed by atoms with Gasteiger partial charge in [0, 0.05) is 34.8 Å². The lowest BCUT2D eigenvalue weighted by molar-refractivity contribution is 0.102. The van der Waals surface area contributed by atoms with E-state index in [0.717, 1.165) is 22.3 Å². The average Bonchev–Trinajstić information content (AvgIpc) is 2.89. The molecule has 10 heteroatoms. The van der Waals surface area contributed by atoms with Gasteiger partial charge in [0.25, 0.3) is 5.91 Å². The maximum Gasteiger partial charge on any atom is 0.412 e. The van der Waals surface area contributed by atoms with E-state index in [1.807, 2.05) is 19.1 Å². The number of pyridine rings is 2. The Hall–Kier alpha value is -4.73. The van der Waals surface area contributed by atoms with Gasteiger partial charge >= 0.3 is 6.09 Å². The second-order valence-corrected chi connectivity index (χ2v) is 8.76. The van der Waals surface area contributed by atoms with Gasteiger partial charge in [-0.1, -0.05) is 6.07 Å². The van der Waals surface area contributed by atoms with Gasteiger partial charge in [0.1, 0.15) is 11.5 Å². The molecule has 0 spiro atoms. The summed E-state index contributed by atoms with van der Waals surface area (Å²) in [6.07, 6.45) is 3.97. The van der Waals surface area contributed by atoms with E-state index in [-0.39, 0.29) is 11.6 Å². The fourth-order valence-electron chi connectivity index (χ4n) is 3.57. The van der Waals surface area contributed by atoms with Crippen LogP contribution < -0.4 is 10.6 Å². The van der Waals surface area contributed by atoms with Crippen molar-refractivity contribution >= 4 is 23.5 Å². The van der Waals surface area contributed by atoms with E-state index in [2.05, 4.69) is 35.5 Å². The maximum absolute atomic E-state index is 14.3. The van der Waals surface area contributed by atoms with Crippen LogP contribution in [-0.4, -0.2) is 39.3 Å². The van der Waals surface area contributed by atoms with Gasteiger partial charge in [-0.3, -0.25) is 15.1 Å². The summed E-state index contributed by atoms with van der Waals surface area (Å²) in [6.45, 7) is 4.71. The van der Waals surface area contributed by atoms with Crippen molar-refractivity contribution in [2.24, 2.45) is 0 Å². The number of rotatable bonds is 6. The Morgan fingerprint density at radius 3 is 2.49 bits per heavy atom. The van der Waals surface area contributed by atoms with Crippen molar-refractivity contribution in [3.8, 4) is 22.4 Å². The Kier molecular flexibility index (Phi) is 7.19. The molecule has 3 aromatic heterocycles. The number of amides is 2. The second-order valence-electron chi connectivity index (χ2n) is 8.76. The van der Waals surface area contributed by atoms with Crippen LogP contribution in [0, 0.1) is 6.92 Å². The molecule has 0 aliphatic heterocycles. The SMILES string of the molecule is COC(=O)Nc1cc(-c2cnnc(-c3cc(NC(=O)c4ccnc(C(C)(C)F)c4)ccc3C)c2)ccn1. The van der Waals surface area contributed by atoms with E-state index in [1.54, 1.807) is 36.7 Å². The first-order chi connectivity index (χ1) is 17.6. The van der Waals surface area contributed by atoms with Crippen molar-refractivity contribution in [1.29, 1.82) is 0 Å². The fraction of sp³-hybridized carbons (Fsp3) is 0.185. The van der Waals surface area contributed by atoms with Crippen LogP contribution in [0.1, 0.15) is 35.5 Å². The van der Waals surface area contributed by atoms with Crippen LogP contribution in [0.2, 0.25) is 0 Å². The zero-order valence-electron chi connectivity index (χ0n) is 20.7. The van der Waals surface area contributed by atoms with Crippen LogP contribution in [0.25, 0.3) is 22.4 Å². The number of methoxy groups -OCH3 is 1. The van der Waals surface area contributed by atoms with E-state index in [9.17, 15) is 14.0 Å². The molecule has 0 saturated carbocycles. The first kappa shape index (κ1) is 25.4. The molecule has 9 nitrogen and oxygen atoms in total. The van der Waals surface area contributed by atoms with E-state index >= 15 is 0 Å². The molecule has 0 fully saturated rings. The van der Waals surface area contributed by atoms with E-state index < -0.39 is 11.8 Å². The molecule has 0 saturated heterocycles. The van der Waals surface area contributed by atoms with Crippen LogP contribution in [0.4, 0.5) is 20.7 Å². The number of benzene rings is 1. The van der Waals surface area contributed by atoms with Crippen LogP contribution in [0.15, 0.2) is 67.1 Å². The Bertz CT molecular complexity index is 1470. The topological polar surface area (TPSA) is 119 Å². The van der Waals surface area contributed by atoms with E-state index in [1.165, 1.54) is 39.3 Å². The number of ether oxygens (including phenoxy) is 1. The summed E-state index contributed by atoms with van der Waals surface area (Å²) in [6, 6.07) is 13.8. The number of alkyl halides is 1. The molecule has 0 atom stereocenters. The number of hydrogen-bond acceptors (Lipinski definition) is 7. The van der Waals surface area contributed by atoms with E-state index in [4.69, 9.17) is 0 Å². The summed E-state index contributed by atoms with van der Waals surface area (Å²) in [7, 11) is 1.27. The summed E-state index contributed by atoms with van der Waals surface area (Å²) < 4.78 is 18.9. The summed E-state index contributed by atoms with van der Waals surface area (Å²) in [5, 5.41) is 13.8. The van der Waals surface area contributed by atoms with Crippen molar-refractivity contribution in [3.05, 3.63) is 83.9 Å². The maximum atomic E-state index is 14.3. The molecule has 4 rings (SSSR count). The highest BCUT2D eigenvalue weighted by atomic mass is 19.1.